The van der Waals surface area contributed by atoms with Crippen molar-refractivity contribution in [2.45, 2.75) is 23.0 Å². The van der Waals surface area contributed by atoms with Gasteiger partial charge >= 0.3 is 0 Å². The highest BCUT2D eigenvalue weighted by Gasteiger charge is 2.32. The van der Waals surface area contributed by atoms with Crippen LogP contribution in [0.15, 0.2) is 22.7 Å². The maximum absolute atomic E-state index is 12.5. The number of aromatic nitrogens is 3. The number of thiophene rings is 1. The van der Waals surface area contributed by atoms with Crippen molar-refractivity contribution in [2.75, 3.05) is 31.8 Å². The molecule has 1 fully saturated rings. The number of methoxy groups -OCH3 is 1. The number of anilines is 2. The fourth-order valence-corrected chi connectivity index (χ4v) is 4.96. The van der Waals surface area contributed by atoms with E-state index < -0.39 is 11.5 Å². The quantitative estimate of drug-likeness (QED) is 0.452. The SMILES string of the molecule is COCCO[S+]([O-])c1sc2nc(-c3cnc(N)nc3)cc(C3CC3)c2c1N. The van der Waals surface area contributed by atoms with E-state index in [9.17, 15) is 4.55 Å². The van der Waals surface area contributed by atoms with Crippen molar-refractivity contribution in [1.82, 2.24) is 15.0 Å². The van der Waals surface area contributed by atoms with Crippen molar-refractivity contribution in [3.63, 3.8) is 0 Å². The molecule has 0 aromatic carbocycles. The predicted octanol–water partition coefficient (Wildman–Crippen LogP) is 2.48. The summed E-state index contributed by atoms with van der Waals surface area (Å²) in [4.78, 5) is 13.5. The molecule has 0 saturated heterocycles. The maximum Gasteiger partial charge on any atom is 0.268 e. The van der Waals surface area contributed by atoms with Gasteiger partial charge in [-0.05, 0) is 30.4 Å². The van der Waals surface area contributed by atoms with Crippen molar-refractivity contribution in [2.24, 2.45) is 0 Å². The summed E-state index contributed by atoms with van der Waals surface area (Å²) in [5.41, 5.74) is 15.1. The predicted molar refractivity (Wildman–Crippen MR) is 106 cm³/mol. The van der Waals surface area contributed by atoms with Crippen LogP contribution in [0.3, 0.4) is 0 Å². The van der Waals surface area contributed by atoms with E-state index in [-0.39, 0.29) is 12.6 Å². The summed E-state index contributed by atoms with van der Waals surface area (Å²) in [6.07, 6.45) is 5.51. The summed E-state index contributed by atoms with van der Waals surface area (Å²) in [6.45, 7) is 0.594. The standard InChI is InChI=1S/C17H19N5O3S2/c1-24-4-5-25-27(23)16-14(18)13-11(9-2-3-9)6-12(22-15(13)26-16)10-7-20-17(19)21-8-10/h6-9H,2-5,18H2,1H3,(H2,19,20,21). The monoisotopic (exact) mass is 405 g/mol. The number of hydrogen-bond donors (Lipinski definition) is 2. The van der Waals surface area contributed by atoms with Gasteiger partial charge in [-0.3, -0.25) is 0 Å². The third kappa shape index (κ3) is 3.71. The van der Waals surface area contributed by atoms with Crippen molar-refractivity contribution < 1.29 is 13.5 Å². The van der Waals surface area contributed by atoms with Crippen molar-refractivity contribution in [1.29, 1.82) is 0 Å². The van der Waals surface area contributed by atoms with Crippen LogP contribution in [0.1, 0.15) is 24.3 Å². The van der Waals surface area contributed by atoms with E-state index in [1.54, 1.807) is 19.5 Å². The number of nitrogens with two attached hydrogens (primary N) is 2. The molecule has 142 valence electrons. The molecule has 1 aliphatic rings. The molecule has 3 aromatic rings. The Hall–Kier alpha value is -1.98. The second-order valence-electron chi connectivity index (χ2n) is 6.23. The molecule has 0 bridgehead atoms. The molecule has 4 rings (SSSR count). The van der Waals surface area contributed by atoms with Gasteiger partial charge in [0, 0.05) is 30.5 Å². The first-order chi connectivity index (χ1) is 13.1. The summed E-state index contributed by atoms with van der Waals surface area (Å²) < 4.78 is 23.3. The van der Waals surface area contributed by atoms with Crippen LogP contribution in [0, 0.1) is 0 Å². The zero-order chi connectivity index (χ0) is 19.0. The Morgan fingerprint density at radius 3 is 2.67 bits per heavy atom. The molecule has 1 atom stereocenters. The lowest BCUT2D eigenvalue weighted by Gasteiger charge is -2.07. The molecule has 27 heavy (non-hydrogen) atoms. The molecule has 0 aliphatic heterocycles. The number of hydrogen-bond acceptors (Lipinski definition) is 9. The fourth-order valence-electron chi connectivity index (χ4n) is 2.83. The summed E-state index contributed by atoms with van der Waals surface area (Å²) >= 11 is -0.358. The van der Waals surface area contributed by atoms with Crippen molar-refractivity contribution in [3.05, 3.63) is 24.0 Å². The Labute approximate surface area is 163 Å². The minimum atomic E-state index is -1.65. The molecule has 1 unspecified atom stereocenters. The third-order valence-electron chi connectivity index (χ3n) is 4.31. The van der Waals surface area contributed by atoms with Gasteiger partial charge in [-0.2, -0.15) is 4.18 Å². The van der Waals surface area contributed by atoms with E-state index >= 15 is 0 Å². The lowest BCUT2D eigenvalue weighted by atomic mass is 10.0. The van der Waals surface area contributed by atoms with Crippen LogP contribution in [-0.4, -0.2) is 39.8 Å². The molecule has 1 aliphatic carbocycles. The van der Waals surface area contributed by atoms with Gasteiger partial charge in [-0.1, -0.05) is 11.3 Å². The van der Waals surface area contributed by atoms with Gasteiger partial charge in [0.05, 0.1) is 12.3 Å². The second-order valence-corrected chi connectivity index (χ2v) is 8.60. The van der Waals surface area contributed by atoms with Gasteiger partial charge < -0.3 is 20.8 Å². The van der Waals surface area contributed by atoms with Crippen LogP contribution in [0.2, 0.25) is 0 Å². The zero-order valence-electron chi connectivity index (χ0n) is 14.7. The summed E-state index contributed by atoms with van der Waals surface area (Å²) in [6, 6.07) is 2.02. The number of rotatable bonds is 7. The van der Waals surface area contributed by atoms with E-state index in [0.717, 1.165) is 39.9 Å². The van der Waals surface area contributed by atoms with Gasteiger partial charge in [0.1, 0.15) is 17.1 Å². The highest BCUT2D eigenvalue weighted by molar-refractivity contribution is 7.89. The average Bonchev–Trinajstić information content (AvgIpc) is 3.46. The fraction of sp³-hybridized carbons (Fsp3) is 0.353. The Kier molecular flexibility index (Phi) is 5.15. The van der Waals surface area contributed by atoms with E-state index in [0.29, 0.717) is 22.4 Å². The van der Waals surface area contributed by atoms with Crippen molar-refractivity contribution >= 4 is 44.6 Å². The van der Waals surface area contributed by atoms with Crippen LogP contribution in [0.4, 0.5) is 11.6 Å². The number of nitrogens with zero attached hydrogens (tertiary/aromatic N) is 3. The number of fused-ring (bicyclic) bond motifs is 1. The van der Waals surface area contributed by atoms with Crippen LogP contribution < -0.4 is 11.5 Å². The zero-order valence-corrected chi connectivity index (χ0v) is 16.3. The van der Waals surface area contributed by atoms with Crippen molar-refractivity contribution in [3.8, 4) is 11.3 Å². The van der Waals surface area contributed by atoms with Crippen LogP contribution >= 0.6 is 11.3 Å². The summed E-state index contributed by atoms with van der Waals surface area (Å²) in [5, 5.41) is 0.876. The summed E-state index contributed by atoms with van der Waals surface area (Å²) in [5.74, 6) is 0.657. The largest absolute Gasteiger partial charge is 0.580 e. The molecular weight excluding hydrogens is 386 g/mol. The first-order valence-electron chi connectivity index (χ1n) is 8.43. The highest BCUT2D eigenvalue weighted by atomic mass is 32.3. The molecule has 10 heteroatoms. The first kappa shape index (κ1) is 18.4. The van der Waals surface area contributed by atoms with E-state index in [4.69, 9.17) is 25.4 Å². The molecule has 0 radical (unpaired) electrons. The van der Waals surface area contributed by atoms with Gasteiger partial charge in [0.15, 0.2) is 11.5 Å². The van der Waals surface area contributed by atoms with Crippen LogP contribution in [-0.2, 0) is 20.4 Å². The molecule has 0 spiro atoms. The highest BCUT2D eigenvalue weighted by Crippen LogP contribution is 2.48. The molecule has 4 N–H and O–H groups in total. The first-order valence-corrected chi connectivity index (χ1v) is 10.3. The Morgan fingerprint density at radius 1 is 1.26 bits per heavy atom. The second kappa shape index (κ2) is 7.56. The molecule has 1 saturated carbocycles. The number of pyridine rings is 1. The van der Waals surface area contributed by atoms with E-state index in [1.807, 2.05) is 6.07 Å². The average molecular weight is 406 g/mol. The van der Waals surface area contributed by atoms with E-state index in [2.05, 4.69) is 9.97 Å². The van der Waals surface area contributed by atoms with Gasteiger partial charge in [-0.25, -0.2) is 15.0 Å². The van der Waals surface area contributed by atoms with Gasteiger partial charge in [-0.15, -0.1) is 0 Å². The molecule has 0 amide bonds. The maximum atomic E-state index is 12.5. The normalized spacial score (nSPS) is 15.3. The summed E-state index contributed by atoms with van der Waals surface area (Å²) in [7, 11) is 1.56. The lowest BCUT2D eigenvalue weighted by molar-refractivity contribution is 0.149. The van der Waals surface area contributed by atoms with Crippen LogP contribution in [0.5, 0.6) is 0 Å². The van der Waals surface area contributed by atoms with E-state index in [1.165, 1.54) is 11.3 Å². The molecule has 3 heterocycles. The van der Waals surface area contributed by atoms with Crippen LogP contribution in [0.25, 0.3) is 21.5 Å². The third-order valence-corrected chi connectivity index (χ3v) is 6.77. The number of ether oxygens (including phenoxy) is 1. The number of nitrogen functional groups attached to an aromatic ring is 2. The van der Waals surface area contributed by atoms with Gasteiger partial charge in [0.2, 0.25) is 5.95 Å². The topological polar surface area (TPSA) is 132 Å². The molecule has 3 aromatic heterocycles. The molecule has 8 nitrogen and oxygen atoms in total. The Bertz CT molecular complexity index is 959. The Morgan fingerprint density at radius 2 is 2.00 bits per heavy atom. The Balaban J connectivity index is 1.77. The minimum Gasteiger partial charge on any atom is -0.580 e. The smallest absolute Gasteiger partial charge is 0.268 e. The molecular formula is C17H19N5O3S2. The van der Waals surface area contributed by atoms with Gasteiger partial charge in [0.25, 0.3) is 4.21 Å². The minimum absolute atomic E-state index is 0.216. The lowest BCUT2D eigenvalue weighted by Crippen LogP contribution is -2.11.